The monoisotopic (exact) mass is 411 g/mol. The fourth-order valence-corrected chi connectivity index (χ4v) is 4.18. The Morgan fingerprint density at radius 2 is 0.852 bits per heavy atom. The van der Waals surface area contributed by atoms with E-state index in [1.807, 2.05) is 0 Å². The number of hydrogen-bond acceptors (Lipinski definition) is 2. The van der Waals surface area contributed by atoms with Crippen molar-refractivity contribution < 1.29 is 21.6 Å². The smallest absolute Gasteiger partial charge is 0.220 e. The number of sulfone groups is 1. The Bertz CT molecular complexity index is 833. The molecule has 0 aliphatic rings. The molecule has 0 spiro atoms. The van der Waals surface area contributed by atoms with Gasteiger partial charge in [0.2, 0.25) is 9.84 Å². The van der Waals surface area contributed by atoms with E-state index in [2.05, 4.69) is 91.0 Å². The van der Waals surface area contributed by atoms with Gasteiger partial charge in [-0.1, -0.05) is 54.6 Å². The van der Waals surface area contributed by atoms with Crippen molar-refractivity contribution in [2.75, 3.05) is 6.26 Å². The zero-order chi connectivity index (χ0) is 19.9. The third-order valence-corrected chi connectivity index (χ3v) is 6.43. The number of halogens is 3. The summed E-state index contributed by atoms with van der Waals surface area (Å²) in [7, 11) is -4.85. The molecule has 142 valence electrons. The molecule has 7 heteroatoms. The maximum atomic E-state index is 11.0. The maximum absolute atomic E-state index is 11.0. The second-order valence-electron chi connectivity index (χ2n) is 5.46. The molecule has 3 rings (SSSR count). The minimum absolute atomic E-state index is 0.0146. The molecule has 0 fully saturated rings. The number of rotatable bonds is 3. The van der Waals surface area contributed by atoms with Crippen LogP contribution in [0.1, 0.15) is 0 Å². The molecule has 0 unspecified atom stereocenters. The standard InChI is InChI=1S/C18H15S.C2H3F3O2S/c1-4-10-16(11-5-1)19(17-12-6-2-7-13-17)18-14-8-3-9-15-18;1-8(6,7)2(3,4)5/h1-15H;1H3/q+1;. The molecule has 0 N–H and O–H groups in total. The zero-order valence-electron chi connectivity index (χ0n) is 14.4. The molecule has 0 bridgehead atoms. The molecular weight excluding hydrogens is 393 g/mol. The third-order valence-electron chi connectivity index (χ3n) is 3.36. The predicted octanol–water partition coefficient (Wildman–Crippen LogP) is 5.33. The van der Waals surface area contributed by atoms with Crippen molar-refractivity contribution in [1.82, 2.24) is 0 Å². The molecule has 0 saturated heterocycles. The summed E-state index contributed by atoms with van der Waals surface area (Å²) in [5, 5.41) is 0. The molecule has 0 amide bonds. The molecule has 0 atom stereocenters. The van der Waals surface area contributed by atoms with Gasteiger partial charge in [-0.2, -0.15) is 13.2 Å². The molecule has 0 aromatic heterocycles. The van der Waals surface area contributed by atoms with Crippen LogP contribution in [0.25, 0.3) is 0 Å². The van der Waals surface area contributed by atoms with Gasteiger partial charge in [-0.05, 0) is 36.4 Å². The van der Waals surface area contributed by atoms with Gasteiger partial charge in [-0.15, -0.1) is 0 Å². The van der Waals surface area contributed by atoms with Gasteiger partial charge >= 0.3 is 5.51 Å². The van der Waals surface area contributed by atoms with Crippen LogP contribution in [0.2, 0.25) is 0 Å². The van der Waals surface area contributed by atoms with Crippen molar-refractivity contribution in [3.05, 3.63) is 91.0 Å². The van der Waals surface area contributed by atoms with E-state index in [0.29, 0.717) is 0 Å². The van der Waals surface area contributed by atoms with E-state index in [1.165, 1.54) is 14.7 Å². The van der Waals surface area contributed by atoms with E-state index >= 15 is 0 Å². The first-order chi connectivity index (χ1) is 12.7. The lowest BCUT2D eigenvalue weighted by molar-refractivity contribution is -0.0429. The molecule has 2 nitrogen and oxygen atoms in total. The highest BCUT2D eigenvalue weighted by molar-refractivity contribution is 7.97. The van der Waals surface area contributed by atoms with Gasteiger partial charge in [0.05, 0.1) is 10.9 Å². The zero-order valence-corrected chi connectivity index (χ0v) is 16.1. The molecule has 0 aliphatic heterocycles. The molecule has 27 heavy (non-hydrogen) atoms. The average molecular weight is 411 g/mol. The molecule has 0 aliphatic carbocycles. The average Bonchev–Trinajstić information content (AvgIpc) is 2.64. The molecule has 0 heterocycles. The van der Waals surface area contributed by atoms with E-state index in [9.17, 15) is 21.6 Å². The quantitative estimate of drug-likeness (QED) is 0.546. The van der Waals surface area contributed by atoms with Crippen molar-refractivity contribution in [2.24, 2.45) is 0 Å². The van der Waals surface area contributed by atoms with Crippen LogP contribution in [0.5, 0.6) is 0 Å². The molecule has 0 saturated carbocycles. The predicted molar refractivity (Wildman–Crippen MR) is 102 cm³/mol. The number of alkyl halides is 3. The van der Waals surface area contributed by atoms with Crippen LogP contribution >= 0.6 is 0 Å². The minimum atomic E-state index is -5.09. The normalized spacial score (nSPS) is 11.6. The van der Waals surface area contributed by atoms with Crippen LogP contribution in [0.3, 0.4) is 0 Å². The van der Waals surface area contributed by atoms with Gasteiger partial charge in [0.25, 0.3) is 0 Å². The fourth-order valence-electron chi connectivity index (χ4n) is 2.08. The van der Waals surface area contributed by atoms with Crippen molar-refractivity contribution in [1.29, 1.82) is 0 Å². The van der Waals surface area contributed by atoms with Crippen LogP contribution in [0.4, 0.5) is 13.2 Å². The van der Waals surface area contributed by atoms with E-state index in [-0.39, 0.29) is 17.2 Å². The minimum Gasteiger partial charge on any atom is -0.220 e. The number of benzene rings is 3. The Morgan fingerprint density at radius 1 is 0.630 bits per heavy atom. The Morgan fingerprint density at radius 3 is 1.04 bits per heavy atom. The Kier molecular flexibility index (Phi) is 7.10. The van der Waals surface area contributed by atoms with E-state index in [0.717, 1.165) is 0 Å². The lowest BCUT2D eigenvalue weighted by atomic mass is 10.4. The van der Waals surface area contributed by atoms with E-state index in [1.54, 1.807) is 0 Å². The SMILES string of the molecule is CS(=O)(=O)C(F)(F)F.c1ccc([S+](c2ccccc2)c2ccccc2)cc1. The molecule has 3 aromatic rings. The summed E-state index contributed by atoms with van der Waals surface area (Å²) in [5.74, 6) is 0. The van der Waals surface area contributed by atoms with Crippen LogP contribution in [0.15, 0.2) is 106 Å². The summed E-state index contributed by atoms with van der Waals surface area (Å²) in [6.07, 6.45) is 0.118. The highest BCUT2D eigenvalue weighted by Gasteiger charge is 2.41. The van der Waals surface area contributed by atoms with Crippen molar-refractivity contribution in [3.63, 3.8) is 0 Å². The van der Waals surface area contributed by atoms with Gasteiger partial charge in [0, 0.05) is 6.26 Å². The van der Waals surface area contributed by atoms with Crippen LogP contribution < -0.4 is 0 Å². The molecule has 0 radical (unpaired) electrons. The summed E-state index contributed by atoms with van der Waals surface area (Å²) >= 11 is 0. The van der Waals surface area contributed by atoms with Crippen molar-refractivity contribution in [3.8, 4) is 0 Å². The number of hydrogen-bond donors (Lipinski definition) is 0. The van der Waals surface area contributed by atoms with Gasteiger partial charge in [-0.3, -0.25) is 0 Å². The Hall–Kier alpha value is -2.25. The van der Waals surface area contributed by atoms with Crippen molar-refractivity contribution >= 4 is 20.7 Å². The molecule has 3 aromatic carbocycles. The Balaban J connectivity index is 0.000000279. The fraction of sp³-hybridized carbons (Fsp3) is 0.100. The Labute approximate surface area is 159 Å². The first kappa shape index (κ1) is 21.1. The van der Waals surface area contributed by atoms with E-state index in [4.69, 9.17) is 0 Å². The summed E-state index contributed by atoms with van der Waals surface area (Å²) in [6.45, 7) is 0. The summed E-state index contributed by atoms with van der Waals surface area (Å²) in [6, 6.07) is 32.2. The van der Waals surface area contributed by atoms with Crippen LogP contribution in [-0.2, 0) is 20.7 Å². The van der Waals surface area contributed by atoms with Gasteiger partial charge in [0.1, 0.15) is 0 Å². The van der Waals surface area contributed by atoms with Crippen LogP contribution in [0, 0.1) is 0 Å². The van der Waals surface area contributed by atoms with E-state index < -0.39 is 15.3 Å². The lowest BCUT2D eigenvalue weighted by Crippen LogP contribution is -2.20. The summed E-state index contributed by atoms with van der Waals surface area (Å²) in [5.41, 5.74) is -5.09. The summed E-state index contributed by atoms with van der Waals surface area (Å²) in [4.78, 5) is 4.08. The second kappa shape index (κ2) is 9.10. The third kappa shape index (κ3) is 6.15. The highest BCUT2D eigenvalue weighted by atomic mass is 32.2. The van der Waals surface area contributed by atoms with Crippen molar-refractivity contribution in [2.45, 2.75) is 20.2 Å². The topological polar surface area (TPSA) is 34.1 Å². The van der Waals surface area contributed by atoms with Crippen LogP contribution in [-0.4, -0.2) is 20.2 Å². The molecular formula is C20H18F3O2S2+. The van der Waals surface area contributed by atoms with Gasteiger partial charge in [-0.25, -0.2) is 8.42 Å². The first-order valence-electron chi connectivity index (χ1n) is 7.86. The largest absolute Gasteiger partial charge is 0.497 e. The van der Waals surface area contributed by atoms with Gasteiger partial charge in [0.15, 0.2) is 14.7 Å². The van der Waals surface area contributed by atoms with Gasteiger partial charge < -0.3 is 0 Å². The summed E-state index contributed by atoms with van der Waals surface area (Å²) < 4.78 is 52.0. The second-order valence-corrected chi connectivity index (χ2v) is 9.50. The maximum Gasteiger partial charge on any atom is 0.497 e. The first-order valence-corrected chi connectivity index (χ1v) is 11.0. The highest BCUT2D eigenvalue weighted by Crippen LogP contribution is 2.30. The lowest BCUT2D eigenvalue weighted by Gasteiger charge is -2.07.